The Morgan fingerprint density at radius 3 is 2.52 bits per heavy atom. The summed E-state index contributed by atoms with van der Waals surface area (Å²) >= 11 is 1.11. The molecule has 0 radical (unpaired) electrons. The third-order valence-electron chi connectivity index (χ3n) is 3.66. The molecule has 2 N–H and O–H groups in total. The molecular weight excluding hydrogens is 381 g/mol. The molecule has 1 aromatic carbocycles. The summed E-state index contributed by atoms with van der Waals surface area (Å²) in [7, 11) is 1.38. The van der Waals surface area contributed by atoms with Gasteiger partial charge in [-0.05, 0) is 17.7 Å². The molecular formula is C18H13F3N2O3S. The number of H-pyrrole nitrogens is 1. The maximum absolute atomic E-state index is 12.8. The number of amides is 1. The second kappa shape index (κ2) is 7.28. The van der Waals surface area contributed by atoms with Crippen LogP contribution in [0.5, 0.6) is 5.75 Å². The summed E-state index contributed by atoms with van der Waals surface area (Å²) in [6.07, 6.45) is -4.10. The lowest BCUT2D eigenvalue weighted by atomic mass is 10.2. The lowest BCUT2D eigenvalue weighted by molar-refractivity contribution is -0.137. The molecule has 0 saturated carbocycles. The van der Waals surface area contributed by atoms with Crippen LogP contribution < -0.4 is 15.6 Å². The maximum atomic E-state index is 12.8. The van der Waals surface area contributed by atoms with Crippen LogP contribution in [-0.4, -0.2) is 18.0 Å². The number of nitrogens with one attached hydrogen (secondary N) is 2. The summed E-state index contributed by atoms with van der Waals surface area (Å²) in [6, 6.07) is 11.5. The number of aromatic amines is 1. The number of ether oxygens (including phenoxy) is 1. The van der Waals surface area contributed by atoms with Crippen molar-refractivity contribution in [2.75, 3.05) is 12.4 Å². The van der Waals surface area contributed by atoms with Gasteiger partial charge in [0.05, 0.1) is 12.7 Å². The fourth-order valence-corrected chi connectivity index (χ4v) is 3.37. The molecule has 5 nitrogen and oxygen atoms in total. The highest BCUT2D eigenvalue weighted by Gasteiger charge is 2.31. The summed E-state index contributed by atoms with van der Waals surface area (Å²) in [5, 5.41) is 2.23. The van der Waals surface area contributed by atoms with E-state index in [9.17, 15) is 22.8 Å². The lowest BCUT2D eigenvalue weighted by Crippen LogP contribution is -2.21. The van der Waals surface area contributed by atoms with E-state index in [-0.39, 0.29) is 10.6 Å². The van der Waals surface area contributed by atoms with Crippen molar-refractivity contribution in [2.45, 2.75) is 6.18 Å². The van der Waals surface area contributed by atoms with Crippen molar-refractivity contribution in [2.24, 2.45) is 0 Å². The molecule has 1 amide bonds. The number of alkyl halides is 3. The summed E-state index contributed by atoms with van der Waals surface area (Å²) in [5.41, 5.74) is -1.54. The van der Waals surface area contributed by atoms with E-state index >= 15 is 0 Å². The van der Waals surface area contributed by atoms with Gasteiger partial charge in [0.25, 0.3) is 11.5 Å². The van der Waals surface area contributed by atoms with E-state index in [1.54, 1.807) is 6.07 Å². The third-order valence-corrected chi connectivity index (χ3v) is 4.83. The standard InChI is InChI=1S/C18H13F3N2O3S/c1-26-13-8-14(10-5-3-2-4-6-10)27-15(13)17(25)23-12-7-11(18(19,20)21)9-22-16(12)24/h2-9H,1H3,(H,22,24)(H,23,25). The van der Waals surface area contributed by atoms with Crippen molar-refractivity contribution < 1.29 is 22.7 Å². The topological polar surface area (TPSA) is 71.2 Å². The number of halogens is 3. The Labute approximate surface area is 155 Å². The number of aromatic nitrogens is 1. The largest absolute Gasteiger partial charge is 0.495 e. The first-order chi connectivity index (χ1) is 12.8. The number of carbonyl (C=O) groups excluding carboxylic acids is 1. The molecule has 9 heteroatoms. The minimum Gasteiger partial charge on any atom is -0.495 e. The van der Waals surface area contributed by atoms with E-state index in [1.807, 2.05) is 35.3 Å². The molecule has 0 aliphatic heterocycles. The van der Waals surface area contributed by atoms with Crippen LogP contribution in [0.1, 0.15) is 15.2 Å². The summed E-state index contributed by atoms with van der Waals surface area (Å²) in [6.45, 7) is 0. The molecule has 27 heavy (non-hydrogen) atoms. The average Bonchev–Trinajstić information content (AvgIpc) is 3.08. The minimum atomic E-state index is -4.65. The molecule has 3 aromatic rings. The number of hydrogen-bond acceptors (Lipinski definition) is 4. The van der Waals surface area contributed by atoms with Gasteiger partial charge < -0.3 is 15.0 Å². The third kappa shape index (κ3) is 4.03. The van der Waals surface area contributed by atoms with Crippen molar-refractivity contribution in [3.05, 3.63) is 69.5 Å². The van der Waals surface area contributed by atoms with E-state index in [4.69, 9.17) is 4.74 Å². The zero-order valence-electron chi connectivity index (χ0n) is 13.9. The summed E-state index contributed by atoms with van der Waals surface area (Å²) < 4.78 is 43.6. The fraction of sp³-hybridized carbons (Fsp3) is 0.111. The normalized spacial score (nSPS) is 11.3. The van der Waals surface area contributed by atoms with Gasteiger partial charge in [-0.15, -0.1) is 11.3 Å². The fourth-order valence-electron chi connectivity index (χ4n) is 2.35. The highest BCUT2D eigenvalue weighted by atomic mass is 32.1. The van der Waals surface area contributed by atoms with Crippen LogP contribution in [0.15, 0.2) is 53.5 Å². The summed E-state index contributed by atoms with van der Waals surface area (Å²) in [5.74, 6) is -0.469. The molecule has 0 atom stereocenters. The first-order valence-corrected chi connectivity index (χ1v) is 8.46. The van der Waals surface area contributed by atoms with Gasteiger partial charge in [-0.25, -0.2) is 0 Å². The SMILES string of the molecule is COc1cc(-c2ccccc2)sc1C(=O)Nc1cc(C(F)(F)F)c[nH]c1=O. The van der Waals surface area contributed by atoms with Gasteiger partial charge in [-0.1, -0.05) is 30.3 Å². The van der Waals surface area contributed by atoms with Crippen molar-refractivity contribution in [3.8, 4) is 16.2 Å². The Balaban J connectivity index is 1.93. The van der Waals surface area contributed by atoms with Gasteiger partial charge in [-0.2, -0.15) is 13.2 Å². The van der Waals surface area contributed by atoms with Crippen LogP contribution in [-0.2, 0) is 6.18 Å². The average molecular weight is 394 g/mol. The number of hydrogen-bond donors (Lipinski definition) is 2. The second-order valence-electron chi connectivity index (χ2n) is 5.46. The molecule has 3 rings (SSSR count). The van der Waals surface area contributed by atoms with Gasteiger partial charge in [-0.3, -0.25) is 9.59 Å². The van der Waals surface area contributed by atoms with Crippen molar-refractivity contribution in [3.63, 3.8) is 0 Å². The predicted octanol–water partition coefficient (Wildman–Crippen LogP) is 4.38. The smallest absolute Gasteiger partial charge is 0.417 e. The molecule has 2 heterocycles. The predicted molar refractivity (Wildman–Crippen MR) is 96.3 cm³/mol. The van der Waals surface area contributed by atoms with Crippen LogP contribution in [0.2, 0.25) is 0 Å². The van der Waals surface area contributed by atoms with Crippen LogP contribution in [0, 0.1) is 0 Å². The number of rotatable bonds is 4. The number of anilines is 1. The highest BCUT2D eigenvalue weighted by molar-refractivity contribution is 7.17. The van der Waals surface area contributed by atoms with Crippen LogP contribution in [0.25, 0.3) is 10.4 Å². The molecule has 0 aliphatic carbocycles. The second-order valence-corrected chi connectivity index (χ2v) is 6.51. The van der Waals surface area contributed by atoms with E-state index in [1.165, 1.54) is 7.11 Å². The van der Waals surface area contributed by atoms with Crippen molar-refractivity contribution >= 4 is 22.9 Å². The van der Waals surface area contributed by atoms with Crippen molar-refractivity contribution in [1.82, 2.24) is 4.98 Å². The Kier molecular flexibility index (Phi) is 5.04. The van der Waals surface area contributed by atoms with Crippen LogP contribution in [0.4, 0.5) is 18.9 Å². The Morgan fingerprint density at radius 2 is 1.89 bits per heavy atom. The molecule has 0 spiro atoms. The lowest BCUT2D eigenvalue weighted by Gasteiger charge is -2.09. The molecule has 0 bridgehead atoms. The molecule has 0 unspecified atom stereocenters. The first-order valence-electron chi connectivity index (χ1n) is 7.64. The van der Waals surface area contributed by atoms with E-state index in [2.05, 4.69) is 5.32 Å². The van der Waals surface area contributed by atoms with E-state index in [0.717, 1.165) is 21.8 Å². The maximum Gasteiger partial charge on any atom is 0.417 e. The van der Waals surface area contributed by atoms with Crippen LogP contribution in [0.3, 0.4) is 0 Å². The monoisotopic (exact) mass is 394 g/mol. The Hall–Kier alpha value is -3.07. The molecule has 140 valence electrons. The van der Waals surface area contributed by atoms with Crippen molar-refractivity contribution in [1.29, 1.82) is 0 Å². The first kappa shape index (κ1) is 18.7. The molecule has 0 aliphatic rings. The molecule has 0 fully saturated rings. The molecule has 2 aromatic heterocycles. The quantitative estimate of drug-likeness (QED) is 0.690. The van der Waals surface area contributed by atoms with Crippen LogP contribution >= 0.6 is 11.3 Å². The number of carbonyl (C=O) groups is 1. The van der Waals surface area contributed by atoms with Gasteiger partial charge >= 0.3 is 6.18 Å². The number of methoxy groups -OCH3 is 1. The van der Waals surface area contributed by atoms with Gasteiger partial charge in [0, 0.05) is 11.1 Å². The molecule has 0 saturated heterocycles. The zero-order chi connectivity index (χ0) is 19.6. The number of thiophene rings is 1. The minimum absolute atomic E-state index is 0.146. The summed E-state index contributed by atoms with van der Waals surface area (Å²) in [4.78, 5) is 27.2. The van der Waals surface area contributed by atoms with E-state index < -0.39 is 28.9 Å². The van der Waals surface area contributed by atoms with Gasteiger partial charge in [0.2, 0.25) is 0 Å². The van der Waals surface area contributed by atoms with E-state index in [0.29, 0.717) is 12.3 Å². The Bertz CT molecular complexity index is 1030. The number of pyridine rings is 1. The zero-order valence-corrected chi connectivity index (χ0v) is 14.7. The Morgan fingerprint density at radius 1 is 1.19 bits per heavy atom. The highest BCUT2D eigenvalue weighted by Crippen LogP contribution is 2.36. The number of benzene rings is 1. The van der Waals surface area contributed by atoms with Gasteiger partial charge in [0.1, 0.15) is 16.3 Å². The van der Waals surface area contributed by atoms with Gasteiger partial charge in [0.15, 0.2) is 0 Å².